The summed E-state index contributed by atoms with van der Waals surface area (Å²) in [6, 6.07) is 9.02. The average molecular weight is 502 g/mol. The molecule has 2 aromatic rings. The van der Waals surface area contributed by atoms with Crippen LogP contribution in [0.2, 0.25) is 5.15 Å². The molecule has 8 heteroatoms. The third-order valence-corrected chi connectivity index (χ3v) is 6.09. The molecule has 1 aromatic carbocycles. The van der Waals surface area contributed by atoms with E-state index in [9.17, 15) is 9.59 Å². The third kappa shape index (κ3) is 7.59. The van der Waals surface area contributed by atoms with E-state index >= 15 is 0 Å². The molecule has 190 valence electrons. The molecule has 1 aliphatic heterocycles. The van der Waals surface area contributed by atoms with Crippen molar-refractivity contribution >= 4 is 29.3 Å². The quantitative estimate of drug-likeness (QED) is 0.485. The van der Waals surface area contributed by atoms with E-state index in [1.807, 2.05) is 39.0 Å². The van der Waals surface area contributed by atoms with E-state index in [1.165, 1.54) is 0 Å². The number of likely N-dealkylation sites (tertiary alicyclic amines) is 1. The lowest BCUT2D eigenvalue weighted by Gasteiger charge is -2.33. The van der Waals surface area contributed by atoms with Crippen LogP contribution < -0.4 is 10.1 Å². The minimum absolute atomic E-state index is 0.134. The van der Waals surface area contributed by atoms with Crippen molar-refractivity contribution in [1.29, 1.82) is 0 Å². The summed E-state index contributed by atoms with van der Waals surface area (Å²) in [4.78, 5) is 30.8. The molecule has 0 spiro atoms. The second-order valence-electron chi connectivity index (χ2n) is 11.0. The Morgan fingerprint density at radius 1 is 1.11 bits per heavy atom. The van der Waals surface area contributed by atoms with Crippen LogP contribution in [0.15, 0.2) is 36.5 Å². The van der Waals surface area contributed by atoms with Crippen LogP contribution in [0.4, 0.5) is 10.5 Å². The Balaban J connectivity index is 1.65. The van der Waals surface area contributed by atoms with Gasteiger partial charge in [-0.2, -0.15) is 0 Å². The molecular weight excluding hydrogens is 466 g/mol. The van der Waals surface area contributed by atoms with Gasteiger partial charge in [-0.25, -0.2) is 9.78 Å². The highest BCUT2D eigenvalue weighted by Crippen LogP contribution is 2.34. The van der Waals surface area contributed by atoms with Gasteiger partial charge in [-0.15, -0.1) is 0 Å². The summed E-state index contributed by atoms with van der Waals surface area (Å²) < 4.78 is 11.8. The Labute approximate surface area is 213 Å². The standard InChI is InChI=1S/C27H36ClN3O4/c1-26(2,3)21-10-9-19(30-24(32)20-8-7-13-29-23(20)28)16-22(21)34-17-18-11-14-31(15-12-18)25(33)35-27(4,5)6/h7-10,13,16,18H,11-12,14-15,17H2,1-6H3,(H,30,32). The van der Waals surface area contributed by atoms with Crippen LogP contribution in [0.1, 0.15) is 70.3 Å². The molecule has 0 unspecified atom stereocenters. The van der Waals surface area contributed by atoms with Crippen molar-refractivity contribution in [3.05, 3.63) is 52.8 Å². The number of aromatic nitrogens is 1. The lowest BCUT2D eigenvalue weighted by atomic mass is 9.86. The van der Waals surface area contributed by atoms with Crippen molar-refractivity contribution < 1.29 is 19.1 Å². The summed E-state index contributed by atoms with van der Waals surface area (Å²) in [7, 11) is 0. The number of rotatable bonds is 5. The molecule has 1 aliphatic rings. The summed E-state index contributed by atoms with van der Waals surface area (Å²) in [6.45, 7) is 13.8. The number of pyridine rings is 1. The minimum atomic E-state index is -0.497. The zero-order valence-electron chi connectivity index (χ0n) is 21.5. The Bertz CT molecular complexity index is 1050. The minimum Gasteiger partial charge on any atom is -0.493 e. The summed E-state index contributed by atoms with van der Waals surface area (Å²) in [5.41, 5.74) is 1.36. The number of nitrogens with one attached hydrogen (secondary N) is 1. The number of carbonyl (C=O) groups excluding carboxylic acids is 2. The van der Waals surface area contributed by atoms with Crippen LogP contribution in [-0.4, -0.2) is 47.2 Å². The SMILES string of the molecule is CC(C)(C)OC(=O)N1CCC(COc2cc(NC(=O)c3cccnc3Cl)ccc2C(C)(C)C)CC1. The maximum Gasteiger partial charge on any atom is 0.410 e. The zero-order chi connectivity index (χ0) is 25.8. The smallest absolute Gasteiger partial charge is 0.410 e. The van der Waals surface area contributed by atoms with Gasteiger partial charge in [0.2, 0.25) is 0 Å². The van der Waals surface area contributed by atoms with Crippen molar-refractivity contribution in [1.82, 2.24) is 9.88 Å². The number of nitrogens with zero attached hydrogens (tertiary/aromatic N) is 2. The number of ether oxygens (including phenoxy) is 2. The number of hydrogen-bond donors (Lipinski definition) is 1. The average Bonchev–Trinajstić information content (AvgIpc) is 2.76. The van der Waals surface area contributed by atoms with Gasteiger partial charge >= 0.3 is 6.09 Å². The summed E-state index contributed by atoms with van der Waals surface area (Å²) in [6.07, 6.45) is 2.98. The maximum absolute atomic E-state index is 12.7. The van der Waals surface area contributed by atoms with E-state index in [0.29, 0.717) is 36.9 Å². The van der Waals surface area contributed by atoms with Gasteiger partial charge in [0.15, 0.2) is 0 Å². The van der Waals surface area contributed by atoms with Crippen LogP contribution in [0.3, 0.4) is 0 Å². The molecular formula is C27H36ClN3O4. The first kappa shape index (κ1) is 26.8. The highest BCUT2D eigenvalue weighted by molar-refractivity contribution is 6.33. The predicted octanol–water partition coefficient (Wildman–Crippen LogP) is 6.31. The second kappa shape index (κ2) is 10.9. The number of halogens is 1. The number of anilines is 1. The molecule has 1 N–H and O–H groups in total. The molecule has 1 fully saturated rings. The van der Waals surface area contributed by atoms with Gasteiger partial charge < -0.3 is 19.7 Å². The monoisotopic (exact) mass is 501 g/mol. The molecule has 0 radical (unpaired) electrons. The molecule has 2 amide bonds. The first-order valence-electron chi connectivity index (χ1n) is 12.0. The van der Waals surface area contributed by atoms with Crippen molar-refractivity contribution in [2.45, 2.75) is 65.4 Å². The van der Waals surface area contributed by atoms with Gasteiger partial charge in [-0.3, -0.25) is 4.79 Å². The fourth-order valence-electron chi connectivity index (χ4n) is 3.91. The lowest BCUT2D eigenvalue weighted by Crippen LogP contribution is -2.42. The second-order valence-corrected chi connectivity index (χ2v) is 11.3. The molecule has 2 heterocycles. The Morgan fingerprint density at radius 3 is 2.40 bits per heavy atom. The first-order chi connectivity index (χ1) is 16.3. The van der Waals surface area contributed by atoms with Gasteiger partial charge in [0.05, 0.1) is 12.2 Å². The number of carbonyl (C=O) groups is 2. The molecule has 0 bridgehead atoms. The van der Waals surface area contributed by atoms with Crippen molar-refractivity contribution in [3.8, 4) is 5.75 Å². The molecule has 1 aromatic heterocycles. The first-order valence-corrected chi connectivity index (χ1v) is 12.4. The molecule has 7 nitrogen and oxygen atoms in total. The van der Waals surface area contributed by atoms with Gasteiger partial charge in [0.1, 0.15) is 16.5 Å². The van der Waals surface area contributed by atoms with Crippen LogP contribution in [-0.2, 0) is 10.2 Å². The highest BCUT2D eigenvalue weighted by Gasteiger charge is 2.28. The highest BCUT2D eigenvalue weighted by atomic mass is 35.5. The van der Waals surface area contributed by atoms with Crippen LogP contribution in [0.25, 0.3) is 0 Å². The molecule has 1 saturated heterocycles. The van der Waals surface area contributed by atoms with Gasteiger partial charge in [0.25, 0.3) is 5.91 Å². The van der Waals surface area contributed by atoms with Crippen molar-refractivity contribution in [3.63, 3.8) is 0 Å². The summed E-state index contributed by atoms with van der Waals surface area (Å²) in [5, 5.41) is 3.05. The Hall–Kier alpha value is -2.80. The Kier molecular flexibility index (Phi) is 8.31. The summed E-state index contributed by atoms with van der Waals surface area (Å²) in [5.74, 6) is 0.739. The van der Waals surface area contributed by atoms with E-state index in [0.717, 1.165) is 24.2 Å². The number of piperidine rings is 1. The van der Waals surface area contributed by atoms with Crippen LogP contribution in [0, 0.1) is 5.92 Å². The fourth-order valence-corrected chi connectivity index (χ4v) is 4.11. The third-order valence-electron chi connectivity index (χ3n) is 5.79. The normalized spacial score (nSPS) is 15.0. The van der Waals surface area contributed by atoms with E-state index in [2.05, 4.69) is 31.1 Å². The van der Waals surface area contributed by atoms with E-state index < -0.39 is 5.60 Å². The van der Waals surface area contributed by atoms with Gasteiger partial charge in [0, 0.05) is 31.0 Å². The maximum atomic E-state index is 12.7. The zero-order valence-corrected chi connectivity index (χ0v) is 22.2. The Morgan fingerprint density at radius 2 is 1.80 bits per heavy atom. The number of hydrogen-bond acceptors (Lipinski definition) is 5. The topological polar surface area (TPSA) is 80.8 Å². The van der Waals surface area contributed by atoms with E-state index in [1.54, 1.807) is 23.2 Å². The van der Waals surface area contributed by atoms with E-state index in [4.69, 9.17) is 21.1 Å². The lowest BCUT2D eigenvalue weighted by molar-refractivity contribution is 0.0164. The fraction of sp³-hybridized carbons (Fsp3) is 0.519. The van der Waals surface area contributed by atoms with Crippen molar-refractivity contribution in [2.75, 3.05) is 25.0 Å². The van der Waals surface area contributed by atoms with Gasteiger partial charge in [-0.1, -0.05) is 38.4 Å². The predicted molar refractivity (Wildman–Crippen MR) is 138 cm³/mol. The molecule has 3 rings (SSSR count). The molecule has 0 aliphatic carbocycles. The number of benzene rings is 1. The largest absolute Gasteiger partial charge is 0.493 e. The summed E-state index contributed by atoms with van der Waals surface area (Å²) >= 11 is 6.07. The van der Waals surface area contributed by atoms with Crippen LogP contribution >= 0.6 is 11.6 Å². The molecule has 0 atom stereocenters. The number of amides is 2. The van der Waals surface area contributed by atoms with E-state index in [-0.39, 0.29) is 22.6 Å². The van der Waals surface area contributed by atoms with Crippen molar-refractivity contribution in [2.24, 2.45) is 5.92 Å². The molecule has 0 saturated carbocycles. The molecule has 35 heavy (non-hydrogen) atoms. The van der Waals surface area contributed by atoms with Gasteiger partial charge in [-0.05, 0) is 68.7 Å². The van der Waals surface area contributed by atoms with Crippen LogP contribution in [0.5, 0.6) is 5.75 Å².